The molecule has 1 aromatic rings. The van der Waals surface area contributed by atoms with Crippen molar-refractivity contribution < 1.29 is 9.13 Å². The summed E-state index contributed by atoms with van der Waals surface area (Å²) in [6.07, 6.45) is 5.59. The van der Waals surface area contributed by atoms with E-state index in [0.29, 0.717) is 0 Å². The number of rotatable bonds is 6. The molecule has 1 saturated heterocycles. The maximum Gasteiger partial charge on any atom is 0.123 e. The van der Waals surface area contributed by atoms with E-state index >= 15 is 0 Å². The average molecular weight is 344 g/mol. The summed E-state index contributed by atoms with van der Waals surface area (Å²) in [6.45, 7) is 3.97. The summed E-state index contributed by atoms with van der Waals surface area (Å²) in [5, 5.41) is 3.57. The first kappa shape index (κ1) is 15.9. The predicted octanol–water partition coefficient (Wildman–Crippen LogP) is 4.07. The van der Waals surface area contributed by atoms with Gasteiger partial charge in [-0.3, -0.25) is 0 Å². The monoisotopic (exact) mass is 343 g/mol. The van der Waals surface area contributed by atoms with E-state index in [9.17, 15) is 4.39 Å². The normalized spacial score (nSPS) is 20.9. The van der Waals surface area contributed by atoms with Crippen LogP contribution in [0.2, 0.25) is 0 Å². The standard InChI is InChI=1S/C16H23BrFNO/c1-2-8-19-15(16-5-3-4-9-20-16)11-12-10-13(18)6-7-14(12)17/h6-7,10,15-16,19H,2-5,8-9,11H2,1H3. The fourth-order valence-corrected chi connectivity index (χ4v) is 3.09. The quantitative estimate of drug-likeness (QED) is 0.840. The molecule has 2 atom stereocenters. The van der Waals surface area contributed by atoms with Gasteiger partial charge in [0.1, 0.15) is 5.82 Å². The smallest absolute Gasteiger partial charge is 0.123 e. The van der Waals surface area contributed by atoms with Gasteiger partial charge in [-0.15, -0.1) is 0 Å². The molecule has 4 heteroatoms. The molecule has 1 aromatic carbocycles. The lowest BCUT2D eigenvalue weighted by Crippen LogP contribution is -2.44. The van der Waals surface area contributed by atoms with Gasteiger partial charge in [-0.2, -0.15) is 0 Å². The number of halogens is 2. The van der Waals surface area contributed by atoms with Crippen LogP contribution >= 0.6 is 15.9 Å². The molecule has 0 amide bonds. The largest absolute Gasteiger partial charge is 0.377 e. The molecule has 1 aliphatic rings. The van der Waals surface area contributed by atoms with E-state index in [-0.39, 0.29) is 18.0 Å². The van der Waals surface area contributed by atoms with Crippen molar-refractivity contribution in [2.45, 2.75) is 51.2 Å². The third-order valence-corrected chi connectivity index (χ3v) is 4.54. The molecule has 0 aromatic heterocycles. The highest BCUT2D eigenvalue weighted by Gasteiger charge is 2.24. The van der Waals surface area contributed by atoms with Crippen LogP contribution < -0.4 is 5.32 Å². The Hall–Kier alpha value is -0.450. The van der Waals surface area contributed by atoms with Crippen LogP contribution in [0.1, 0.15) is 38.2 Å². The van der Waals surface area contributed by atoms with E-state index < -0.39 is 0 Å². The summed E-state index contributed by atoms with van der Waals surface area (Å²) in [4.78, 5) is 0. The summed E-state index contributed by atoms with van der Waals surface area (Å²) in [6, 6.07) is 5.14. The van der Waals surface area contributed by atoms with Gasteiger partial charge in [0.2, 0.25) is 0 Å². The average Bonchev–Trinajstić information content (AvgIpc) is 2.48. The summed E-state index contributed by atoms with van der Waals surface area (Å²) in [7, 11) is 0. The fourth-order valence-electron chi connectivity index (χ4n) is 2.68. The van der Waals surface area contributed by atoms with Gasteiger partial charge in [0.05, 0.1) is 6.10 Å². The Labute approximate surface area is 129 Å². The van der Waals surface area contributed by atoms with E-state index in [1.54, 1.807) is 12.1 Å². The van der Waals surface area contributed by atoms with Gasteiger partial charge in [-0.25, -0.2) is 4.39 Å². The van der Waals surface area contributed by atoms with Crippen LogP contribution in [0.15, 0.2) is 22.7 Å². The van der Waals surface area contributed by atoms with Crippen LogP contribution in [0.3, 0.4) is 0 Å². The second kappa shape index (κ2) is 8.11. The molecular formula is C16H23BrFNO. The molecule has 20 heavy (non-hydrogen) atoms. The van der Waals surface area contributed by atoms with Crippen LogP contribution in [-0.2, 0) is 11.2 Å². The number of hydrogen-bond donors (Lipinski definition) is 1. The highest BCUT2D eigenvalue weighted by atomic mass is 79.9. The van der Waals surface area contributed by atoms with Gasteiger partial charge in [0, 0.05) is 17.1 Å². The minimum Gasteiger partial charge on any atom is -0.377 e. The Bertz CT molecular complexity index is 421. The molecule has 0 radical (unpaired) electrons. The highest BCUT2D eigenvalue weighted by molar-refractivity contribution is 9.10. The first-order valence-electron chi connectivity index (χ1n) is 7.49. The Morgan fingerprint density at radius 1 is 1.45 bits per heavy atom. The molecule has 1 heterocycles. The zero-order chi connectivity index (χ0) is 14.4. The number of hydrogen-bond acceptors (Lipinski definition) is 2. The van der Waals surface area contributed by atoms with Gasteiger partial charge >= 0.3 is 0 Å². The summed E-state index contributed by atoms with van der Waals surface area (Å²) in [5.41, 5.74) is 1.01. The molecule has 1 N–H and O–H groups in total. The molecule has 0 bridgehead atoms. The van der Waals surface area contributed by atoms with Crippen LogP contribution in [-0.4, -0.2) is 25.3 Å². The lowest BCUT2D eigenvalue weighted by atomic mass is 9.96. The molecule has 2 unspecified atom stereocenters. The van der Waals surface area contributed by atoms with Crippen LogP contribution in [0.25, 0.3) is 0 Å². The zero-order valence-electron chi connectivity index (χ0n) is 12.0. The molecule has 0 aliphatic carbocycles. The molecule has 2 rings (SSSR count). The van der Waals surface area contributed by atoms with Crippen LogP contribution in [0, 0.1) is 5.82 Å². The van der Waals surface area contributed by atoms with Crippen LogP contribution in [0.4, 0.5) is 4.39 Å². The van der Waals surface area contributed by atoms with Crippen molar-refractivity contribution in [3.63, 3.8) is 0 Å². The predicted molar refractivity (Wildman–Crippen MR) is 83.5 cm³/mol. The minimum absolute atomic E-state index is 0.179. The Balaban J connectivity index is 2.07. The van der Waals surface area contributed by atoms with Crippen molar-refractivity contribution in [2.75, 3.05) is 13.2 Å². The number of benzene rings is 1. The second-order valence-electron chi connectivity index (χ2n) is 5.41. The third-order valence-electron chi connectivity index (χ3n) is 3.77. The van der Waals surface area contributed by atoms with Crippen molar-refractivity contribution in [3.05, 3.63) is 34.1 Å². The minimum atomic E-state index is -0.179. The molecule has 1 aliphatic heterocycles. The van der Waals surface area contributed by atoms with Gasteiger partial charge in [0.15, 0.2) is 0 Å². The highest BCUT2D eigenvalue weighted by Crippen LogP contribution is 2.23. The van der Waals surface area contributed by atoms with Crippen LogP contribution in [0.5, 0.6) is 0 Å². The third kappa shape index (κ3) is 4.54. The Kier molecular flexibility index (Phi) is 6.46. The molecular weight excluding hydrogens is 321 g/mol. The molecule has 1 fully saturated rings. The lowest BCUT2D eigenvalue weighted by Gasteiger charge is -2.31. The number of ether oxygens (including phenoxy) is 1. The maximum atomic E-state index is 13.4. The second-order valence-corrected chi connectivity index (χ2v) is 6.26. The maximum absolute atomic E-state index is 13.4. The van der Waals surface area contributed by atoms with Crippen molar-refractivity contribution in [3.8, 4) is 0 Å². The van der Waals surface area contributed by atoms with E-state index in [0.717, 1.165) is 48.9 Å². The summed E-state index contributed by atoms with van der Waals surface area (Å²) in [5.74, 6) is -0.179. The van der Waals surface area contributed by atoms with Crippen molar-refractivity contribution in [1.82, 2.24) is 5.32 Å². The van der Waals surface area contributed by atoms with Crippen molar-refractivity contribution >= 4 is 15.9 Å². The van der Waals surface area contributed by atoms with E-state index in [1.165, 1.54) is 12.5 Å². The van der Waals surface area contributed by atoms with Gasteiger partial charge < -0.3 is 10.1 Å². The topological polar surface area (TPSA) is 21.3 Å². The fraction of sp³-hybridized carbons (Fsp3) is 0.625. The molecule has 2 nitrogen and oxygen atoms in total. The number of nitrogens with one attached hydrogen (secondary N) is 1. The lowest BCUT2D eigenvalue weighted by molar-refractivity contribution is -0.00741. The van der Waals surface area contributed by atoms with E-state index in [2.05, 4.69) is 28.2 Å². The van der Waals surface area contributed by atoms with Gasteiger partial charge in [-0.05, 0) is 62.4 Å². The first-order chi connectivity index (χ1) is 9.70. The molecule has 0 spiro atoms. The Morgan fingerprint density at radius 2 is 2.30 bits per heavy atom. The van der Waals surface area contributed by atoms with Crippen molar-refractivity contribution in [1.29, 1.82) is 0 Å². The summed E-state index contributed by atoms with van der Waals surface area (Å²) < 4.78 is 20.3. The van der Waals surface area contributed by atoms with Gasteiger partial charge in [-0.1, -0.05) is 22.9 Å². The first-order valence-corrected chi connectivity index (χ1v) is 8.29. The SMILES string of the molecule is CCCNC(Cc1cc(F)ccc1Br)C1CCCCO1. The molecule has 112 valence electrons. The Morgan fingerprint density at radius 3 is 3.00 bits per heavy atom. The molecule has 0 saturated carbocycles. The van der Waals surface area contributed by atoms with E-state index in [4.69, 9.17) is 4.74 Å². The zero-order valence-corrected chi connectivity index (χ0v) is 13.6. The van der Waals surface area contributed by atoms with E-state index in [1.807, 2.05) is 0 Å². The van der Waals surface area contributed by atoms with Crippen molar-refractivity contribution in [2.24, 2.45) is 0 Å². The van der Waals surface area contributed by atoms with Gasteiger partial charge in [0.25, 0.3) is 0 Å². The summed E-state index contributed by atoms with van der Waals surface area (Å²) >= 11 is 3.52.